The number of allylic oxidation sites excluding steroid dienone is 2. The first-order valence-electron chi connectivity index (χ1n) is 5.30. The first-order chi connectivity index (χ1) is 7.71. The maximum atomic E-state index is 11.3. The molecule has 1 rings (SSSR count). The van der Waals surface area contributed by atoms with Crippen LogP contribution in [0.15, 0.2) is 11.1 Å². The van der Waals surface area contributed by atoms with Crippen LogP contribution in [0.4, 0.5) is 0 Å². The van der Waals surface area contributed by atoms with Gasteiger partial charge in [-0.3, -0.25) is 9.96 Å². The number of hydrogen-bond acceptors (Lipinski definition) is 4. The van der Waals surface area contributed by atoms with Crippen LogP contribution in [-0.4, -0.2) is 29.1 Å². The second-order valence-corrected chi connectivity index (χ2v) is 7.15. The summed E-state index contributed by atoms with van der Waals surface area (Å²) in [4.78, 5) is 0. The molecule has 0 bridgehead atoms. The smallest absolute Gasteiger partial charge is 0.268 e. The molecule has 1 aliphatic rings. The first-order valence-corrected chi connectivity index (χ1v) is 7.79. The fourth-order valence-corrected chi connectivity index (χ4v) is 4.06. The molecule has 17 heavy (non-hydrogen) atoms. The van der Waals surface area contributed by atoms with Crippen LogP contribution in [0, 0.1) is 11.3 Å². The molecule has 0 aromatic carbocycles. The van der Waals surface area contributed by atoms with Crippen molar-refractivity contribution in [3.8, 4) is 0 Å². The predicted molar refractivity (Wildman–Crippen MR) is 70.8 cm³/mol. The maximum absolute atomic E-state index is 11.3. The zero-order valence-electron chi connectivity index (χ0n) is 9.93. The van der Waals surface area contributed by atoms with Crippen molar-refractivity contribution >= 4 is 27.0 Å². The second-order valence-electron chi connectivity index (χ2n) is 4.46. The molecule has 2 atom stereocenters. The molecule has 2 unspecified atom stereocenters. The molecule has 0 aromatic heterocycles. The molecule has 4 N–H and O–H groups in total. The summed E-state index contributed by atoms with van der Waals surface area (Å²) in [6.07, 6.45) is 1.00. The van der Waals surface area contributed by atoms with E-state index in [4.69, 9.17) is 11.1 Å². The fraction of sp³-hybridized carbons (Fsp3) is 0.700. The van der Waals surface area contributed by atoms with Gasteiger partial charge in [0.05, 0.1) is 5.25 Å². The van der Waals surface area contributed by atoms with E-state index >= 15 is 0 Å². The van der Waals surface area contributed by atoms with Crippen molar-refractivity contribution in [2.45, 2.75) is 31.9 Å². The zero-order valence-corrected chi connectivity index (χ0v) is 11.6. The summed E-state index contributed by atoms with van der Waals surface area (Å²) in [6, 6.07) is 0. The van der Waals surface area contributed by atoms with Gasteiger partial charge in [-0.15, -0.1) is 0 Å². The second kappa shape index (κ2) is 5.41. The SMILES string of the molecule is CC1=C(C)CC(S(=O)(=O)O)C(CSC(=N)N)C1. The Hall–Kier alpha value is -0.530. The van der Waals surface area contributed by atoms with E-state index in [1.807, 2.05) is 13.8 Å². The fourth-order valence-electron chi connectivity index (χ4n) is 2.05. The molecule has 0 radical (unpaired) electrons. The zero-order chi connectivity index (χ0) is 13.2. The Kier molecular flexibility index (Phi) is 4.62. The summed E-state index contributed by atoms with van der Waals surface area (Å²) >= 11 is 1.12. The molecule has 0 aromatic rings. The lowest BCUT2D eigenvalue weighted by atomic mass is 9.86. The number of thioether (sulfide) groups is 1. The standard InChI is InChI=1S/C10H18N2O3S2/c1-6-3-8(5-16-10(11)12)9(4-7(6)2)17(13,14)15/h8-9H,3-5H2,1-2H3,(H3,11,12)(H,13,14,15). The van der Waals surface area contributed by atoms with Crippen LogP contribution in [0.5, 0.6) is 0 Å². The minimum absolute atomic E-state index is 0.0250. The van der Waals surface area contributed by atoms with Gasteiger partial charge in [-0.2, -0.15) is 8.42 Å². The molecule has 0 fully saturated rings. The van der Waals surface area contributed by atoms with Gasteiger partial charge in [-0.05, 0) is 32.6 Å². The third-order valence-electron chi connectivity index (χ3n) is 3.17. The largest absolute Gasteiger partial charge is 0.379 e. The lowest BCUT2D eigenvalue weighted by Crippen LogP contribution is -2.35. The van der Waals surface area contributed by atoms with Gasteiger partial charge >= 0.3 is 0 Å². The van der Waals surface area contributed by atoms with Crippen molar-refractivity contribution < 1.29 is 13.0 Å². The Morgan fingerprint density at radius 3 is 2.47 bits per heavy atom. The van der Waals surface area contributed by atoms with Gasteiger partial charge in [0.25, 0.3) is 10.1 Å². The highest BCUT2D eigenvalue weighted by molar-refractivity contribution is 8.13. The average Bonchev–Trinajstić information content (AvgIpc) is 2.17. The predicted octanol–water partition coefficient (Wildman–Crippen LogP) is 1.62. The van der Waals surface area contributed by atoms with Crippen LogP contribution in [0.3, 0.4) is 0 Å². The van der Waals surface area contributed by atoms with Crippen molar-refractivity contribution in [2.75, 3.05) is 5.75 Å². The van der Waals surface area contributed by atoms with Crippen molar-refractivity contribution in [2.24, 2.45) is 11.7 Å². The van der Waals surface area contributed by atoms with Gasteiger partial charge in [-0.1, -0.05) is 22.9 Å². The van der Waals surface area contributed by atoms with E-state index in [9.17, 15) is 13.0 Å². The molecule has 0 aliphatic heterocycles. The Bertz CT molecular complexity index is 442. The Morgan fingerprint density at radius 1 is 1.47 bits per heavy atom. The number of nitrogens with two attached hydrogens (primary N) is 1. The van der Waals surface area contributed by atoms with E-state index < -0.39 is 15.4 Å². The molecular formula is C10H18N2O3S2. The molecule has 5 nitrogen and oxygen atoms in total. The van der Waals surface area contributed by atoms with Crippen LogP contribution >= 0.6 is 11.8 Å². The summed E-state index contributed by atoms with van der Waals surface area (Å²) in [6.45, 7) is 3.86. The first kappa shape index (κ1) is 14.5. The van der Waals surface area contributed by atoms with E-state index in [1.54, 1.807) is 0 Å². The normalized spacial score (nSPS) is 26.1. The number of amidine groups is 1. The molecule has 0 amide bonds. The van der Waals surface area contributed by atoms with E-state index in [0.29, 0.717) is 18.6 Å². The van der Waals surface area contributed by atoms with Crippen LogP contribution in [0.1, 0.15) is 26.7 Å². The van der Waals surface area contributed by atoms with Gasteiger partial charge in [-0.25, -0.2) is 0 Å². The lowest BCUT2D eigenvalue weighted by molar-refractivity contribution is 0.419. The van der Waals surface area contributed by atoms with Crippen LogP contribution in [0.2, 0.25) is 0 Å². The molecule has 1 aliphatic carbocycles. The van der Waals surface area contributed by atoms with E-state index in [2.05, 4.69) is 0 Å². The highest BCUT2D eigenvalue weighted by Crippen LogP contribution is 2.34. The minimum Gasteiger partial charge on any atom is -0.379 e. The van der Waals surface area contributed by atoms with Crippen molar-refractivity contribution in [3.05, 3.63) is 11.1 Å². The van der Waals surface area contributed by atoms with Crippen LogP contribution in [-0.2, 0) is 10.1 Å². The molecule has 7 heteroatoms. The average molecular weight is 278 g/mol. The summed E-state index contributed by atoms with van der Waals surface area (Å²) in [7, 11) is -4.04. The van der Waals surface area contributed by atoms with Gasteiger partial charge in [0.15, 0.2) is 5.17 Å². The third kappa shape index (κ3) is 4.01. The molecular weight excluding hydrogens is 260 g/mol. The van der Waals surface area contributed by atoms with E-state index in [-0.39, 0.29) is 11.1 Å². The van der Waals surface area contributed by atoms with Crippen LogP contribution in [0.25, 0.3) is 0 Å². The van der Waals surface area contributed by atoms with E-state index in [0.717, 1.165) is 17.3 Å². The quantitative estimate of drug-likeness (QED) is 0.315. The van der Waals surface area contributed by atoms with Gasteiger partial charge < -0.3 is 5.73 Å². The van der Waals surface area contributed by atoms with E-state index in [1.165, 1.54) is 5.57 Å². The third-order valence-corrected chi connectivity index (χ3v) is 5.39. The Balaban J connectivity index is 2.88. The highest BCUT2D eigenvalue weighted by atomic mass is 32.2. The topological polar surface area (TPSA) is 104 Å². The van der Waals surface area contributed by atoms with Crippen molar-refractivity contribution in [1.29, 1.82) is 5.41 Å². The Morgan fingerprint density at radius 2 is 2.00 bits per heavy atom. The summed E-state index contributed by atoms with van der Waals surface area (Å²) < 4.78 is 31.9. The molecule has 0 saturated carbocycles. The summed E-state index contributed by atoms with van der Waals surface area (Å²) in [5.41, 5.74) is 7.44. The van der Waals surface area contributed by atoms with Crippen molar-refractivity contribution in [3.63, 3.8) is 0 Å². The molecule has 98 valence electrons. The molecule has 0 spiro atoms. The van der Waals surface area contributed by atoms with Crippen LogP contribution < -0.4 is 5.73 Å². The van der Waals surface area contributed by atoms with Crippen molar-refractivity contribution in [1.82, 2.24) is 0 Å². The maximum Gasteiger partial charge on any atom is 0.268 e. The molecule has 0 saturated heterocycles. The summed E-state index contributed by atoms with van der Waals surface area (Å²) in [5.74, 6) is 0.271. The molecule has 0 heterocycles. The Labute approximate surface area is 106 Å². The van der Waals surface area contributed by atoms with Gasteiger partial charge in [0.1, 0.15) is 0 Å². The number of hydrogen-bond donors (Lipinski definition) is 3. The number of rotatable bonds is 3. The summed E-state index contributed by atoms with van der Waals surface area (Å²) in [5, 5.41) is 6.35. The van der Waals surface area contributed by atoms with Gasteiger partial charge in [0, 0.05) is 5.75 Å². The minimum atomic E-state index is -4.04. The number of nitrogens with one attached hydrogen (secondary N) is 1. The lowest BCUT2D eigenvalue weighted by Gasteiger charge is -2.30. The highest BCUT2D eigenvalue weighted by Gasteiger charge is 2.35. The van der Waals surface area contributed by atoms with Gasteiger partial charge in [0.2, 0.25) is 0 Å². The monoisotopic (exact) mass is 278 g/mol.